The first-order valence-corrected chi connectivity index (χ1v) is 8.43. The Bertz CT molecular complexity index is 811. The summed E-state index contributed by atoms with van der Waals surface area (Å²) < 4.78 is 1.73. The molecular weight excluding hydrogens is 332 g/mol. The summed E-state index contributed by atoms with van der Waals surface area (Å²) in [5, 5.41) is 13.5. The van der Waals surface area contributed by atoms with E-state index in [1.165, 1.54) is 11.8 Å². The summed E-state index contributed by atoms with van der Waals surface area (Å²) in [4.78, 5) is 15.3. The van der Waals surface area contributed by atoms with Crippen molar-refractivity contribution < 1.29 is 4.79 Å². The van der Waals surface area contributed by atoms with Gasteiger partial charge in [-0.05, 0) is 31.5 Å². The maximum absolute atomic E-state index is 12.7. The molecule has 1 unspecified atom stereocenters. The number of thioether (sulfide) groups is 1. The van der Waals surface area contributed by atoms with E-state index in [9.17, 15) is 4.79 Å². The van der Waals surface area contributed by atoms with Crippen LogP contribution >= 0.6 is 23.4 Å². The van der Waals surface area contributed by atoms with Gasteiger partial charge in [0.1, 0.15) is 5.82 Å². The summed E-state index contributed by atoms with van der Waals surface area (Å²) in [6.07, 6.45) is 0.754. The molecule has 1 fully saturated rings. The van der Waals surface area contributed by atoms with Crippen molar-refractivity contribution in [1.29, 1.82) is 5.26 Å². The number of aromatic nitrogens is 2. The van der Waals surface area contributed by atoms with E-state index in [4.69, 9.17) is 16.9 Å². The van der Waals surface area contributed by atoms with Crippen LogP contribution in [0.5, 0.6) is 0 Å². The predicted molar refractivity (Wildman–Crippen MR) is 90.7 cm³/mol. The average Bonchev–Trinajstić information content (AvgIpc) is 3.03. The molecule has 1 aliphatic rings. The quantitative estimate of drug-likeness (QED) is 0.856. The molecule has 0 aliphatic carbocycles. The third-order valence-electron chi connectivity index (χ3n) is 3.74. The fourth-order valence-electron chi connectivity index (χ4n) is 2.66. The highest BCUT2D eigenvalue weighted by molar-refractivity contribution is 8.00. The number of hydrogen-bond donors (Lipinski definition) is 0. The van der Waals surface area contributed by atoms with E-state index >= 15 is 0 Å². The summed E-state index contributed by atoms with van der Waals surface area (Å²) in [5.41, 5.74) is 1.41. The molecule has 0 spiro atoms. The highest BCUT2D eigenvalue weighted by atomic mass is 35.5. The van der Waals surface area contributed by atoms with Crippen molar-refractivity contribution in [2.24, 2.45) is 7.05 Å². The van der Waals surface area contributed by atoms with Crippen LogP contribution in [0.25, 0.3) is 0 Å². The van der Waals surface area contributed by atoms with E-state index in [2.05, 4.69) is 11.2 Å². The van der Waals surface area contributed by atoms with Gasteiger partial charge in [-0.2, -0.15) is 10.4 Å². The number of rotatable bonds is 3. The minimum absolute atomic E-state index is 0.0680. The minimum Gasteiger partial charge on any atom is -0.296 e. The van der Waals surface area contributed by atoms with Crippen LogP contribution in [-0.2, 0) is 11.8 Å². The molecule has 0 saturated carbocycles. The third kappa shape index (κ3) is 3.07. The Labute approximate surface area is 143 Å². The summed E-state index contributed by atoms with van der Waals surface area (Å²) in [6, 6.07) is 9.12. The predicted octanol–water partition coefficient (Wildman–Crippen LogP) is 3.15. The maximum Gasteiger partial charge on any atom is 0.241 e. The Hall–Kier alpha value is -1.97. The number of nitrogens with zero attached hydrogens (tertiary/aromatic N) is 4. The molecule has 0 radical (unpaired) electrons. The number of halogens is 1. The SMILES string of the molecule is Cc1cc(N2CCC(Sc3ccc(C#N)cc3Cl)C2=O)n(C)n1. The summed E-state index contributed by atoms with van der Waals surface area (Å²) >= 11 is 7.66. The van der Waals surface area contributed by atoms with Crippen LogP contribution in [0.1, 0.15) is 17.7 Å². The molecule has 1 aromatic heterocycles. The van der Waals surface area contributed by atoms with E-state index < -0.39 is 0 Å². The molecule has 2 heterocycles. The lowest BCUT2D eigenvalue weighted by Gasteiger charge is -2.16. The highest BCUT2D eigenvalue weighted by Gasteiger charge is 2.35. The van der Waals surface area contributed by atoms with E-state index in [-0.39, 0.29) is 11.2 Å². The number of hydrogen-bond acceptors (Lipinski definition) is 4. The topological polar surface area (TPSA) is 61.9 Å². The molecule has 1 saturated heterocycles. The Morgan fingerprint density at radius 1 is 1.43 bits per heavy atom. The van der Waals surface area contributed by atoms with Crippen LogP contribution in [-0.4, -0.2) is 27.5 Å². The van der Waals surface area contributed by atoms with Crippen LogP contribution in [0.4, 0.5) is 5.82 Å². The van der Waals surface area contributed by atoms with Gasteiger partial charge >= 0.3 is 0 Å². The second-order valence-corrected chi connectivity index (χ2v) is 7.06. The molecule has 2 aromatic rings. The van der Waals surface area contributed by atoms with Gasteiger partial charge in [0.25, 0.3) is 0 Å². The molecular formula is C16H15ClN4OS. The number of aryl methyl sites for hydroxylation is 2. The first kappa shape index (κ1) is 15.9. The summed E-state index contributed by atoms with van der Waals surface area (Å²) in [6.45, 7) is 2.58. The molecule has 5 nitrogen and oxygen atoms in total. The lowest BCUT2D eigenvalue weighted by molar-refractivity contribution is -0.116. The monoisotopic (exact) mass is 346 g/mol. The maximum atomic E-state index is 12.7. The van der Waals surface area contributed by atoms with E-state index in [1.807, 2.05) is 20.0 Å². The molecule has 7 heteroatoms. The third-order valence-corrected chi connectivity index (χ3v) is 5.50. The molecule has 0 N–H and O–H groups in total. The van der Waals surface area contributed by atoms with Gasteiger partial charge in [0.05, 0.1) is 27.6 Å². The standard InChI is InChI=1S/C16H15ClN4OS/c1-10-7-15(20(2)19-10)21-6-5-14(16(21)22)23-13-4-3-11(9-18)8-12(13)17/h3-4,7-8,14H,5-6H2,1-2H3. The van der Waals surface area contributed by atoms with E-state index in [1.54, 1.807) is 27.8 Å². The fraction of sp³-hybridized carbons (Fsp3) is 0.312. The smallest absolute Gasteiger partial charge is 0.241 e. The first-order valence-electron chi connectivity index (χ1n) is 7.18. The molecule has 3 rings (SSSR count). The van der Waals surface area contributed by atoms with Gasteiger partial charge in [-0.1, -0.05) is 11.6 Å². The van der Waals surface area contributed by atoms with Crippen molar-refractivity contribution in [2.45, 2.75) is 23.5 Å². The zero-order chi connectivity index (χ0) is 16.6. The van der Waals surface area contributed by atoms with Crippen LogP contribution in [0, 0.1) is 18.3 Å². The van der Waals surface area contributed by atoms with Gasteiger partial charge < -0.3 is 0 Å². The van der Waals surface area contributed by atoms with Crippen molar-refractivity contribution >= 4 is 35.1 Å². The van der Waals surface area contributed by atoms with Gasteiger partial charge in [0, 0.05) is 24.6 Å². The molecule has 0 bridgehead atoms. The molecule has 1 atom stereocenters. The number of benzene rings is 1. The fourth-order valence-corrected chi connectivity index (χ4v) is 4.05. The van der Waals surface area contributed by atoms with Crippen LogP contribution in [0.3, 0.4) is 0 Å². The Morgan fingerprint density at radius 3 is 2.83 bits per heavy atom. The lowest BCUT2D eigenvalue weighted by atomic mass is 10.2. The van der Waals surface area contributed by atoms with Gasteiger partial charge in [-0.15, -0.1) is 11.8 Å². The van der Waals surface area contributed by atoms with E-state index in [0.29, 0.717) is 17.1 Å². The molecule has 1 aliphatic heterocycles. The zero-order valence-electron chi connectivity index (χ0n) is 12.8. The average molecular weight is 347 g/mol. The number of nitriles is 1. The van der Waals surface area contributed by atoms with Crippen LogP contribution in [0.15, 0.2) is 29.2 Å². The lowest BCUT2D eigenvalue weighted by Crippen LogP contribution is -2.29. The zero-order valence-corrected chi connectivity index (χ0v) is 14.4. The van der Waals surface area contributed by atoms with Gasteiger partial charge in [0.2, 0.25) is 5.91 Å². The normalized spacial score (nSPS) is 17.6. The van der Waals surface area contributed by atoms with Crippen molar-refractivity contribution in [3.8, 4) is 6.07 Å². The second kappa shape index (κ2) is 6.26. The van der Waals surface area contributed by atoms with Crippen LogP contribution in [0.2, 0.25) is 5.02 Å². The number of amides is 1. The van der Waals surface area contributed by atoms with Crippen molar-refractivity contribution in [1.82, 2.24) is 9.78 Å². The number of anilines is 1. The molecule has 1 amide bonds. The highest BCUT2D eigenvalue weighted by Crippen LogP contribution is 2.36. The van der Waals surface area contributed by atoms with Crippen molar-refractivity contribution in [2.75, 3.05) is 11.4 Å². The summed E-state index contributed by atoms with van der Waals surface area (Å²) in [5.74, 6) is 0.889. The van der Waals surface area contributed by atoms with Crippen molar-refractivity contribution in [3.63, 3.8) is 0 Å². The number of carbonyl (C=O) groups is 1. The number of carbonyl (C=O) groups excluding carboxylic acids is 1. The largest absolute Gasteiger partial charge is 0.296 e. The Kier molecular flexibility index (Phi) is 4.33. The minimum atomic E-state index is -0.171. The van der Waals surface area contributed by atoms with Gasteiger partial charge in [-0.25, -0.2) is 0 Å². The first-order chi connectivity index (χ1) is 11.0. The van der Waals surface area contributed by atoms with Gasteiger partial charge in [-0.3, -0.25) is 14.4 Å². The second-order valence-electron chi connectivity index (χ2n) is 5.41. The van der Waals surface area contributed by atoms with Crippen molar-refractivity contribution in [3.05, 3.63) is 40.5 Å². The summed E-state index contributed by atoms with van der Waals surface area (Å²) in [7, 11) is 1.84. The van der Waals surface area contributed by atoms with Crippen LogP contribution < -0.4 is 4.90 Å². The molecule has 118 valence electrons. The van der Waals surface area contributed by atoms with E-state index in [0.717, 1.165) is 22.8 Å². The Morgan fingerprint density at radius 2 is 2.22 bits per heavy atom. The Balaban J connectivity index is 1.77. The molecule has 23 heavy (non-hydrogen) atoms. The molecule has 1 aromatic carbocycles. The van der Waals surface area contributed by atoms with Gasteiger partial charge in [0.15, 0.2) is 0 Å².